The molecule has 2 aliphatic rings. The molecule has 0 aliphatic carbocycles. The molecule has 1 aromatic heterocycles. The SMILES string of the molecule is CC1(C(=O)N2Cc3ccc(-c4noc(C(F)(F)F)n4)cc3OCC2c2ccccc2)CCOC1. The van der Waals surface area contributed by atoms with Crippen LogP contribution in [0.15, 0.2) is 53.1 Å². The molecule has 2 atom stereocenters. The zero-order valence-corrected chi connectivity index (χ0v) is 18.3. The van der Waals surface area contributed by atoms with E-state index in [2.05, 4.69) is 14.7 Å². The maximum atomic E-state index is 13.7. The highest BCUT2D eigenvalue weighted by Gasteiger charge is 2.43. The molecular weight excluding hydrogens is 451 g/mol. The monoisotopic (exact) mass is 473 g/mol. The molecular formula is C24H22F3N3O4. The second-order valence-electron chi connectivity index (χ2n) is 8.78. The van der Waals surface area contributed by atoms with Crippen LogP contribution in [-0.2, 0) is 22.3 Å². The number of alkyl halides is 3. The fourth-order valence-electron chi connectivity index (χ4n) is 4.31. The molecule has 0 spiro atoms. The smallest absolute Gasteiger partial charge is 0.471 e. The molecule has 2 aliphatic heterocycles. The number of benzene rings is 2. The van der Waals surface area contributed by atoms with Crippen LogP contribution >= 0.6 is 0 Å². The lowest BCUT2D eigenvalue weighted by molar-refractivity contribution is -0.159. The minimum Gasteiger partial charge on any atom is -0.491 e. The van der Waals surface area contributed by atoms with Crippen molar-refractivity contribution in [3.8, 4) is 17.1 Å². The number of ether oxygens (including phenoxy) is 2. The van der Waals surface area contributed by atoms with Gasteiger partial charge in [0.2, 0.25) is 11.7 Å². The molecule has 0 radical (unpaired) electrons. The van der Waals surface area contributed by atoms with Crippen LogP contribution < -0.4 is 4.74 Å². The minimum absolute atomic E-state index is 0.0210. The lowest BCUT2D eigenvalue weighted by atomic mass is 9.87. The van der Waals surface area contributed by atoms with Crippen molar-refractivity contribution in [3.63, 3.8) is 0 Å². The molecule has 10 heteroatoms. The van der Waals surface area contributed by atoms with Crippen LogP contribution in [0.2, 0.25) is 0 Å². The molecule has 1 fully saturated rings. The summed E-state index contributed by atoms with van der Waals surface area (Å²) in [6.45, 7) is 3.27. The summed E-state index contributed by atoms with van der Waals surface area (Å²) in [7, 11) is 0. The number of aromatic nitrogens is 2. The number of hydrogen-bond acceptors (Lipinski definition) is 6. The maximum absolute atomic E-state index is 13.7. The Bertz CT molecular complexity index is 1190. The van der Waals surface area contributed by atoms with Gasteiger partial charge in [-0.3, -0.25) is 4.79 Å². The van der Waals surface area contributed by atoms with E-state index in [0.717, 1.165) is 11.1 Å². The molecule has 7 nitrogen and oxygen atoms in total. The lowest BCUT2D eigenvalue weighted by Gasteiger charge is -2.35. The Labute approximate surface area is 193 Å². The third-order valence-corrected chi connectivity index (χ3v) is 6.29. The van der Waals surface area contributed by atoms with E-state index in [-0.39, 0.29) is 30.9 Å². The number of hydrogen-bond donors (Lipinski definition) is 0. The normalized spacial score (nSPS) is 22.7. The summed E-state index contributed by atoms with van der Waals surface area (Å²) >= 11 is 0. The van der Waals surface area contributed by atoms with E-state index in [1.54, 1.807) is 18.2 Å². The van der Waals surface area contributed by atoms with Crippen molar-refractivity contribution < 1.29 is 32.0 Å². The van der Waals surface area contributed by atoms with Gasteiger partial charge in [-0.2, -0.15) is 18.2 Å². The highest BCUT2D eigenvalue weighted by Crippen LogP contribution is 2.39. The number of halogens is 3. The van der Waals surface area contributed by atoms with Crippen LogP contribution in [0, 0.1) is 5.41 Å². The Morgan fingerprint density at radius 1 is 1.18 bits per heavy atom. The molecule has 5 rings (SSSR count). The maximum Gasteiger partial charge on any atom is 0.471 e. The van der Waals surface area contributed by atoms with Crippen molar-refractivity contribution in [2.45, 2.75) is 32.1 Å². The van der Waals surface area contributed by atoms with Crippen LogP contribution in [0.3, 0.4) is 0 Å². The summed E-state index contributed by atoms with van der Waals surface area (Å²) in [5, 5.41) is 3.45. The Hall–Kier alpha value is -3.40. The predicted molar refractivity (Wildman–Crippen MR) is 114 cm³/mol. The largest absolute Gasteiger partial charge is 0.491 e. The molecule has 0 N–H and O–H groups in total. The Balaban J connectivity index is 1.49. The van der Waals surface area contributed by atoms with Gasteiger partial charge in [0.05, 0.1) is 24.6 Å². The fourth-order valence-corrected chi connectivity index (χ4v) is 4.31. The van der Waals surface area contributed by atoms with Gasteiger partial charge in [-0.05, 0) is 25.0 Å². The van der Waals surface area contributed by atoms with Crippen molar-refractivity contribution in [1.82, 2.24) is 15.0 Å². The van der Waals surface area contributed by atoms with E-state index < -0.39 is 17.5 Å². The second kappa shape index (κ2) is 8.43. The number of fused-ring (bicyclic) bond motifs is 1. The summed E-state index contributed by atoms with van der Waals surface area (Å²) < 4.78 is 54.5. The summed E-state index contributed by atoms with van der Waals surface area (Å²) in [6, 6.07) is 14.2. The van der Waals surface area contributed by atoms with Gasteiger partial charge in [0.15, 0.2) is 0 Å². The fraction of sp³-hybridized carbons (Fsp3) is 0.375. The minimum atomic E-state index is -4.72. The van der Waals surface area contributed by atoms with Gasteiger partial charge in [0.1, 0.15) is 12.4 Å². The first-order valence-electron chi connectivity index (χ1n) is 10.9. The molecule has 3 heterocycles. The third kappa shape index (κ3) is 4.13. The van der Waals surface area contributed by atoms with Crippen molar-refractivity contribution in [3.05, 3.63) is 65.5 Å². The first-order chi connectivity index (χ1) is 16.2. The van der Waals surface area contributed by atoms with Crippen molar-refractivity contribution in [1.29, 1.82) is 0 Å². The van der Waals surface area contributed by atoms with Gasteiger partial charge in [0.25, 0.3) is 0 Å². The Morgan fingerprint density at radius 2 is 1.97 bits per heavy atom. The molecule has 2 aromatic carbocycles. The first kappa shape index (κ1) is 22.4. The average Bonchev–Trinajstić information content (AvgIpc) is 3.45. The zero-order chi connectivity index (χ0) is 23.9. The van der Waals surface area contributed by atoms with E-state index in [1.165, 1.54) is 0 Å². The summed E-state index contributed by atoms with van der Waals surface area (Å²) in [4.78, 5) is 19.0. The number of rotatable bonds is 3. The third-order valence-electron chi connectivity index (χ3n) is 6.29. The Kier molecular flexibility index (Phi) is 5.55. The second-order valence-corrected chi connectivity index (χ2v) is 8.78. The summed E-state index contributed by atoms with van der Waals surface area (Å²) in [5.41, 5.74) is 1.36. The molecule has 0 bridgehead atoms. The predicted octanol–water partition coefficient (Wildman–Crippen LogP) is 4.64. The molecule has 178 valence electrons. The van der Waals surface area contributed by atoms with E-state index in [4.69, 9.17) is 9.47 Å². The molecule has 2 unspecified atom stereocenters. The van der Waals surface area contributed by atoms with Crippen molar-refractivity contribution in [2.24, 2.45) is 5.41 Å². The van der Waals surface area contributed by atoms with Crippen LogP contribution in [-0.4, -0.2) is 40.8 Å². The van der Waals surface area contributed by atoms with E-state index in [1.807, 2.05) is 42.2 Å². The Morgan fingerprint density at radius 3 is 2.65 bits per heavy atom. The van der Waals surface area contributed by atoms with Gasteiger partial charge >= 0.3 is 12.1 Å². The quantitative estimate of drug-likeness (QED) is 0.552. The number of carbonyl (C=O) groups is 1. The molecule has 34 heavy (non-hydrogen) atoms. The number of nitrogens with zero attached hydrogens (tertiary/aromatic N) is 3. The van der Waals surface area contributed by atoms with Crippen LogP contribution in [0.5, 0.6) is 5.75 Å². The average molecular weight is 473 g/mol. The lowest BCUT2D eigenvalue weighted by Crippen LogP contribution is -2.45. The highest BCUT2D eigenvalue weighted by molar-refractivity contribution is 5.83. The van der Waals surface area contributed by atoms with Gasteiger partial charge in [0, 0.05) is 17.7 Å². The van der Waals surface area contributed by atoms with Crippen molar-refractivity contribution in [2.75, 3.05) is 19.8 Å². The van der Waals surface area contributed by atoms with Crippen molar-refractivity contribution >= 4 is 5.91 Å². The first-order valence-corrected chi connectivity index (χ1v) is 10.9. The molecule has 1 amide bonds. The van der Waals surface area contributed by atoms with Crippen LogP contribution in [0.1, 0.15) is 36.4 Å². The highest BCUT2D eigenvalue weighted by atomic mass is 19.4. The van der Waals surface area contributed by atoms with Crippen LogP contribution in [0.25, 0.3) is 11.4 Å². The molecule has 1 saturated heterocycles. The topological polar surface area (TPSA) is 77.7 Å². The zero-order valence-electron chi connectivity index (χ0n) is 18.3. The van der Waals surface area contributed by atoms with Gasteiger partial charge in [-0.1, -0.05) is 47.6 Å². The molecule has 3 aromatic rings. The number of carbonyl (C=O) groups excluding carboxylic acids is 1. The summed E-state index contributed by atoms with van der Waals surface area (Å²) in [6.07, 6.45) is -4.09. The van der Waals surface area contributed by atoms with Gasteiger partial charge < -0.3 is 18.9 Å². The van der Waals surface area contributed by atoms with E-state index in [9.17, 15) is 18.0 Å². The standard InChI is InChI=1S/C24H22F3N3O4/c1-23(9-10-32-14-23)22(31)30-12-17-8-7-16(20-28-21(34-29-20)24(25,26)27)11-19(17)33-13-18(30)15-5-3-2-4-6-15/h2-8,11,18H,9-10,12-14H2,1H3. The summed E-state index contributed by atoms with van der Waals surface area (Å²) in [5.74, 6) is -1.16. The number of amides is 1. The van der Waals surface area contributed by atoms with E-state index in [0.29, 0.717) is 30.9 Å². The van der Waals surface area contributed by atoms with Gasteiger partial charge in [-0.15, -0.1) is 0 Å². The molecule has 0 saturated carbocycles. The van der Waals surface area contributed by atoms with Crippen LogP contribution in [0.4, 0.5) is 13.2 Å². The van der Waals surface area contributed by atoms with E-state index >= 15 is 0 Å². The van der Waals surface area contributed by atoms with Gasteiger partial charge in [-0.25, -0.2) is 0 Å².